The van der Waals surface area contributed by atoms with Crippen molar-refractivity contribution in [3.05, 3.63) is 41.7 Å². The number of nitrogens with zero attached hydrogens (tertiary/aromatic N) is 6. The van der Waals surface area contributed by atoms with Crippen LogP contribution in [0, 0.1) is 0 Å². The Bertz CT molecular complexity index is 922. The molecule has 0 saturated carbocycles. The molecule has 166 valence electrons. The fourth-order valence-corrected chi connectivity index (χ4v) is 3.45. The van der Waals surface area contributed by atoms with Crippen molar-refractivity contribution >= 4 is 17.7 Å². The van der Waals surface area contributed by atoms with Gasteiger partial charge in [0.15, 0.2) is 5.69 Å². The minimum atomic E-state index is -0.362. The smallest absolute Gasteiger partial charge is 0.276 e. The summed E-state index contributed by atoms with van der Waals surface area (Å²) in [5, 5.41) is 7.79. The number of likely N-dealkylation sites (N-methyl/N-ethyl adjacent to an activating group) is 1. The summed E-state index contributed by atoms with van der Waals surface area (Å²) in [7, 11) is 1.61. The van der Waals surface area contributed by atoms with Crippen LogP contribution in [-0.4, -0.2) is 87.2 Å². The number of aromatic nitrogens is 3. The Balaban J connectivity index is 1.56. The molecule has 10 nitrogen and oxygen atoms in total. The molecule has 1 aromatic heterocycles. The summed E-state index contributed by atoms with van der Waals surface area (Å²) in [5.74, 6) is 0.187. The zero-order valence-corrected chi connectivity index (χ0v) is 18.2. The van der Waals surface area contributed by atoms with Gasteiger partial charge in [0.25, 0.3) is 5.91 Å². The van der Waals surface area contributed by atoms with E-state index in [2.05, 4.69) is 10.3 Å². The van der Waals surface area contributed by atoms with E-state index >= 15 is 0 Å². The molecule has 10 heteroatoms. The van der Waals surface area contributed by atoms with Gasteiger partial charge in [-0.1, -0.05) is 17.3 Å². The molecule has 1 aliphatic heterocycles. The maximum Gasteiger partial charge on any atom is 0.276 e. The van der Waals surface area contributed by atoms with Gasteiger partial charge >= 0.3 is 0 Å². The van der Waals surface area contributed by atoms with E-state index in [1.165, 1.54) is 15.8 Å². The van der Waals surface area contributed by atoms with Gasteiger partial charge in [-0.25, -0.2) is 4.68 Å². The van der Waals surface area contributed by atoms with Gasteiger partial charge in [-0.15, -0.1) is 5.10 Å². The third kappa shape index (κ3) is 5.39. The molecule has 31 heavy (non-hydrogen) atoms. The molecule has 1 aliphatic rings. The van der Waals surface area contributed by atoms with Crippen LogP contribution in [0.25, 0.3) is 0 Å². The Hall–Kier alpha value is -3.43. The number of rotatable bonds is 8. The molecule has 0 N–H and O–H groups in total. The SMILES string of the molecule is CCN(CC)C(=O)Cn1cc(C(=O)N2CCN(Cc3ccc(OC)cc3)C(=O)C2)nn1. The molecule has 0 spiro atoms. The maximum absolute atomic E-state index is 12.8. The number of hydrogen-bond donors (Lipinski definition) is 0. The van der Waals surface area contributed by atoms with Crippen LogP contribution < -0.4 is 4.74 Å². The lowest BCUT2D eigenvalue weighted by Crippen LogP contribution is -2.51. The maximum atomic E-state index is 12.8. The zero-order chi connectivity index (χ0) is 22.4. The molecule has 1 aromatic carbocycles. The number of methoxy groups -OCH3 is 1. The van der Waals surface area contributed by atoms with E-state index in [0.717, 1.165) is 11.3 Å². The first-order valence-electron chi connectivity index (χ1n) is 10.3. The van der Waals surface area contributed by atoms with Crippen molar-refractivity contribution in [3.63, 3.8) is 0 Å². The van der Waals surface area contributed by atoms with Gasteiger partial charge in [0.1, 0.15) is 18.8 Å². The third-order valence-electron chi connectivity index (χ3n) is 5.31. The highest BCUT2D eigenvalue weighted by Gasteiger charge is 2.29. The summed E-state index contributed by atoms with van der Waals surface area (Å²) >= 11 is 0. The number of carbonyl (C=O) groups excluding carboxylic acids is 3. The summed E-state index contributed by atoms with van der Waals surface area (Å²) in [5.41, 5.74) is 1.12. The standard InChI is InChI=1S/C21H28N6O4/c1-4-24(5-2)20(29)15-27-13-18(22-23-27)21(30)26-11-10-25(19(28)14-26)12-16-6-8-17(31-3)9-7-16/h6-9,13H,4-5,10-12,14-15H2,1-3H3. The average molecular weight is 428 g/mol. The molecule has 1 saturated heterocycles. The lowest BCUT2D eigenvalue weighted by molar-refractivity contribution is -0.135. The molecule has 2 aromatic rings. The van der Waals surface area contributed by atoms with Gasteiger partial charge in [-0.05, 0) is 31.5 Å². The lowest BCUT2D eigenvalue weighted by Gasteiger charge is -2.34. The summed E-state index contributed by atoms with van der Waals surface area (Å²) in [6.07, 6.45) is 1.46. The average Bonchev–Trinajstić information content (AvgIpc) is 3.24. The Morgan fingerprint density at radius 2 is 1.84 bits per heavy atom. The number of amides is 3. The second-order valence-electron chi connectivity index (χ2n) is 7.26. The van der Waals surface area contributed by atoms with Gasteiger partial charge in [-0.3, -0.25) is 14.4 Å². The predicted octanol–water partition coefficient (Wildman–Crippen LogP) is 0.640. The van der Waals surface area contributed by atoms with Crippen molar-refractivity contribution in [1.82, 2.24) is 29.7 Å². The van der Waals surface area contributed by atoms with Crippen LogP contribution in [0.3, 0.4) is 0 Å². The summed E-state index contributed by atoms with van der Waals surface area (Å²) in [6.45, 7) is 6.37. The quantitative estimate of drug-likeness (QED) is 0.612. The van der Waals surface area contributed by atoms with E-state index in [0.29, 0.717) is 32.7 Å². The summed E-state index contributed by atoms with van der Waals surface area (Å²) in [6, 6.07) is 7.55. The first kappa shape index (κ1) is 22.3. The molecule has 3 amide bonds. The monoisotopic (exact) mass is 428 g/mol. The van der Waals surface area contributed by atoms with E-state index in [9.17, 15) is 14.4 Å². The Labute approximate surface area is 181 Å². The van der Waals surface area contributed by atoms with Crippen molar-refractivity contribution in [2.45, 2.75) is 26.9 Å². The van der Waals surface area contributed by atoms with Crippen molar-refractivity contribution in [1.29, 1.82) is 0 Å². The van der Waals surface area contributed by atoms with Crippen LogP contribution in [0.2, 0.25) is 0 Å². The summed E-state index contributed by atoms with van der Waals surface area (Å²) < 4.78 is 6.51. The minimum Gasteiger partial charge on any atom is -0.497 e. The second-order valence-corrected chi connectivity index (χ2v) is 7.26. The largest absolute Gasteiger partial charge is 0.497 e. The molecule has 0 radical (unpaired) electrons. The van der Waals surface area contributed by atoms with Crippen LogP contribution in [-0.2, 0) is 22.7 Å². The molecule has 3 rings (SSSR count). The number of piperazine rings is 1. The van der Waals surface area contributed by atoms with Crippen molar-refractivity contribution in [2.75, 3.05) is 39.8 Å². The molecule has 2 heterocycles. The zero-order valence-electron chi connectivity index (χ0n) is 18.2. The first-order valence-corrected chi connectivity index (χ1v) is 10.3. The molecular weight excluding hydrogens is 400 g/mol. The molecule has 0 aliphatic carbocycles. The number of benzene rings is 1. The number of ether oxygens (including phenoxy) is 1. The molecule has 0 atom stereocenters. The van der Waals surface area contributed by atoms with E-state index < -0.39 is 0 Å². The van der Waals surface area contributed by atoms with E-state index in [4.69, 9.17) is 4.74 Å². The second kappa shape index (κ2) is 10.1. The molecular formula is C21H28N6O4. The molecule has 0 bridgehead atoms. The van der Waals surface area contributed by atoms with Crippen LogP contribution in [0.5, 0.6) is 5.75 Å². The van der Waals surface area contributed by atoms with Crippen LogP contribution in [0.1, 0.15) is 29.9 Å². The van der Waals surface area contributed by atoms with Crippen molar-refractivity contribution < 1.29 is 19.1 Å². The Morgan fingerprint density at radius 1 is 1.13 bits per heavy atom. The van der Waals surface area contributed by atoms with Crippen molar-refractivity contribution in [3.8, 4) is 5.75 Å². The van der Waals surface area contributed by atoms with Gasteiger partial charge in [0, 0.05) is 32.7 Å². The van der Waals surface area contributed by atoms with E-state index in [1.54, 1.807) is 16.9 Å². The van der Waals surface area contributed by atoms with Crippen LogP contribution in [0.15, 0.2) is 30.5 Å². The van der Waals surface area contributed by atoms with E-state index in [1.807, 2.05) is 38.1 Å². The molecule has 1 fully saturated rings. The van der Waals surface area contributed by atoms with Crippen LogP contribution >= 0.6 is 0 Å². The van der Waals surface area contributed by atoms with Gasteiger partial charge < -0.3 is 19.4 Å². The Kier molecular flexibility index (Phi) is 7.22. The van der Waals surface area contributed by atoms with Gasteiger partial charge in [-0.2, -0.15) is 0 Å². The first-order chi connectivity index (χ1) is 14.9. The van der Waals surface area contributed by atoms with E-state index in [-0.39, 0.29) is 36.5 Å². The normalized spacial score (nSPS) is 14.0. The van der Waals surface area contributed by atoms with Gasteiger partial charge in [0.05, 0.1) is 13.3 Å². The highest BCUT2D eigenvalue weighted by Crippen LogP contribution is 2.15. The number of carbonyl (C=O) groups is 3. The minimum absolute atomic E-state index is 0.0137. The van der Waals surface area contributed by atoms with Gasteiger partial charge in [0.2, 0.25) is 11.8 Å². The van der Waals surface area contributed by atoms with Crippen molar-refractivity contribution in [2.24, 2.45) is 0 Å². The highest BCUT2D eigenvalue weighted by molar-refractivity contribution is 5.95. The predicted molar refractivity (Wildman–Crippen MR) is 112 cm³/mol. The fourth-order valence-electron chi connectivity index (χ4n) is 3.45. The van der Waals surface area contributed by atoms with Crippen LogP contribution in [0.4, 0.5) is 0 Å². The molecule has 0 unspecified atom stereocenters. The third-order valence-corrected chi connectivity index (χ3v) is 5.31. The lowest BCUT2D eigenvalue weighted by atomic mass is 10.2. The topological polar surface area (TPSA) is 101 Å². The number of hydrogen-bond acceptors (Lipinski definition) is 6. The summed E-state index contributed by atoms with van der Waals surface area (Å²) in [4.78, 5) is 42.4. The Morgan fingerprint density at radius 3 is 2.45 bits per heavy atom. The highest BCUT2D eigenvalue weighted by atomic mass is 16.5. The fraction of sp³-hybridized carbons (Fsp3) is 0.476.